The molecule has 1 atom stereocenters. The molecular formula is C18H27NO3. The van der Waals surface area contributed by atoms with Crippen LogP contribution in [0.2, 0.25) is 0 Å². The third-order valence-corrected chi connectivity index (χ3v) is 5.14. The number of para-hydroxylation sites is 1. The summed E-state index contributed by atoms with van der Waals surface area (Å²) in [6.45, 7) is 2.11. The van der Waals surface area contributed by atoms with Gasteiger partial charge in [-0.05, 0) is 18.9 Å². The maximum Gasteiger partial charge on any atom is 0.164 e. The van der Waals surface area contributed by atoms with Gasteiger partial charge in [-0.15, -0.1) is 0 Å². The van der Waals surface area contributed by atoms with E-state index in [1.54, 1.807) is 7.11 Å². The van der Waals surface area contributed by atoms with Gasteiger partial charge in [0.2, 0.25) is 0 Å². The Morgan fingerprint density at radius 2 is 2.09 bits per heavy atom. The molecular weight excluding hydrogens is 278 g/mol. The average molecular weight is 305 g/mol. The van der Waals surface area contributed by atoms with Crippen molar-refractivity contribution in [1.82, 2.24) is 0 Å². The van der Waals surface area contributed by atoms with Crippen molar-refractivity contribution in [3.8, 4) is 11.5 Å². The zero-order chi connectivity index (χ0) is 15.4. The zero-order valence-electron chi connectivity index (χ0n) is 13.5. The summed E-state index contributed by atoms with van der Waals surface area (Å²) in [7, 11) is 1.73. The lowest BCUT2D eigenvalue weighted by molar-refractivity contribution is 0.138. The fraction of sp³-hybridized carbons (Fsp3) is 0.667. The second-order valence-electron chi connectivity index (χ2n) is 6.49. The predicted octanol–water partition coefficient (Wildman–Crippen LogP) is 3.02. The molecule has 1 saturated carbocycles. The van der Waals surface area contributed by atoms with E-state index in [9.17, 15) is 0 Å². The molecule has 2 aliphatic rings. The topological polar surface area (TPSA) is 53.7 Å². The van der Waals surface area contributed by atoms with Crippen LogP contribution in [0.3, 0.4) is 0 Å². The summed E-state index contributed by atoms with van der Waals surface area (Å²) in [4.78, 5) is 0. The van der Waals surface area contributed by atoms with Crippen molar-refractivity contribution < 1.29 is 14.2 Å². The van der Waals surface area contributed by atoms with Crippen LogP contribution in [0.15, 0.2) is 18.2 Å². The van der Waals surface area contributed by atoms with Crippen molar-refractivity contribution in [3.05, 3.63) is 23.8 Å². The Morgan fingerprint density at radius 1 is 1.27 bits per heavy atom. The molecule has 1 aromatic carbocycles. The number of benzene rings is 1. The van der Waals surface area contributed by atoms with Crippen LogP contribution in [-0.4, -0.2) is 33.0 Å². The van der Waals surface area contributed by atoms with Gasteiger partial charge in [0, 0.05) is 23.9 Å². The monoisotopic (exact) mass is 305 g/mol. The molecule has 0 amide bonds. The quantitative estimate of drug-likeness (QED) is 0.908. The van der Waals surface area contributed by atoms with E-state index in [4.69, 9.17) is 19.9 Å². The van der Waals surface area contributed by atoms with Gasteiger partial charge in [0.05, 0.1) is 20.3 Å². The summed E-state index contributed by atoms with van der Waals surface area (Å²) in [5, 5.41) is 0. The minimum absolute atomic E-state index is 0.0368. The number of rotatable bonds is 5. The van der Waals surface area contributed by atoms with Crippen LogP contribution in [0.1, 0.15) is 44.1 Å². The van der Waals surface area contributed by atoms with E-state index in [1.165, 1.54) is 24.8 Å². The summed E-state index contributed by atoms with van der Waals surface area (Å²) < 4.78 is 17.3. The Balaban J connectivity index is 1.92. The first kappa shape index (κ1) is 15.6. The summed E-state index contributed by atoms with van der Waals surface area (Å²) in [5.41, 5.74) is 7.44. The highest BCUT2D eigenvalue weighted by molar-refractivity contribution is 5.50. The van der Waals surface area contributed by atoms with E-state index in [1.807, 2.05) is 6.07 Å². The third kappa shape index (κ3) is 2.95. The molecule has 1 saturated heterocycles. The van der Waals surface area contributed by atoms with Gasteiger partial charge < -0.3 is 19.9 Å². The largest absolute Gasteiger partial charge is 0.493 e. The molecule has 4 nitrogen and oxygen atoms in total. The first-order valence-electron chi connectivity index (χ1n) is 8.41. The van der Waals surface area contributed by atoms with E-state index in [0.717, 1.165) is 37.4 Å². The lowest BCUT2D eigenvalue weighted by Crippen LogP contribution is -2.37. The molecule has 4 heteroatoms. The van der Waals surface area contributed by atoms with Crippen LogP contribution < -0.4 is 15.2 Å². The highest BCUT2D eigenvalue weighted by Crippen LogP contribution is 2.46. The van der Waals surface area contributed by atoms with Crippen molar-refractivity contribution in [1.29, 1.82) is 0 Å². The van der Waals surface area contributed by atoms with Crippen LogP contribution in [0.25, 0.3) is 0 Å². The molecule has 1 heterocycles. The Hall–Kier alpha value is -1.26. The van der Waals surface area contributed by atoms with Crippen molar-refractivity contribution in [2.24, 2.45) is 5.73 Å². The summed E-state index contributed by atoms with van der Waals surface area (Å²) in [5.74, 6) is 1.69. The van der Waals surface area contributed by atoms with Gasteiger partial charge in [-0.1, -0.05) is 31.4 Å². The van der Waals surface area contributed by atoms with Gasteiger partial charge >= 0.3 is 0 Å². The van der Waals surface area contributed by atoms with Gasteiger partial charge in [0.15, 0.2) is 11.5 Å². The van der Waals surface area contributed by atoms with Crippen LogP contribution in [0, 0.1) is 0 Å². The second-order valence-corrected chi connectivity index (χ2v) is 6.49. The van der Waals surface area contributed by atoms with Crippen LogP contribution in [0.5, 0.6) is 11.5 Å². The molecule has 3 rings (SSSR count). The lowest BCUT2D eigenvalue weighted by Gasteiger charge is -2.38. The highest BCUT2D eigenvalue weighted by atomic mass is 16.6. The molecule has 0 aromatic heterocycles. The van der Waals surface area contributed by atoms with Crippen molar-refractivity contribution in [2.75, 3.05) is 26.9 Å². The molecule has 1 aliphatic carbocycles. The predicted molar refractivity (Wildman–Crippen MR) is 86.7 cm³/mol. The van der Waals surface area contributed by atoms with E-state index in [-0.39, 0.29) is 11.5 Å². The van der Waals surface area contributed by atoms with E-state index < -0.39 is 0 Å². The number of hydrogen-bond donors (Lipinski definition) is 1. The molecule has 2 fully saturated rings. The second kappa shape index (κ2) is 6.88. The number of nitrogens with two attached hydrogens (primary N) is 1. The van der Waals surface area contributed by atoms with Crippen molar-refractivity contribution in [3.63, 3.8) is 0 Å². The van der Waals surface area contributed by atoms with Gasteiger partial charge in [0.1, 0.15) is 6.10 Å². The van der Waals surface area contributed by atoms with Gasteiger partial charge in [-0.3, -0.25) is 0 Å². The maximum absolute atomic E-state index is 6.19. The minimum atomic E-state index is 0.0368. The Kier molecular flexibility index (Phi) is 4.89. The zero-order valence-corrected chi connectivity index (χ0v) is 13.5. The van der Waals surface area contributed by atoms with Crippen molar-refractivity contribution in [2.45, 2.75) is 50.0 Å². The molecule has 0 radical (unpaired) electrons. The van der Waals surface area contributed by atoms with Gasteiger partial charge in [-0.2, -0.15) is 0 Å². The highest BCUT2D eigenvalue weighted by Gasteiger charge is 2.36. The molecule has 0 bridgehead atoms. The fourth-order valence-corrected chi connectivity index (χ4v) is 3.83. The fourth-order valence-electron chi connectivity index (χ4n) is 3.83. The first-order chi connectivity index (χ1) is 10.8. The molecule has 22 heavy (non-hydrogen) atoms. The van der Waals surface area contributed by atoms with E-state index in [2.05, 4.69) is 12.1 Å². The molecule has 0 spiro atoms. The van der Waals surface area contributed by atoms with Crippen LogP contribution in [0.4, 0.5) is 0 Å². The smallest absolute Gasteiger partial charge is 0.164 e. The van der Waals surface area contributed by atoms with E-state index >= 15 is 0 Å². The van der Waals surface area contributed by atoms with Crippen LogP contribution in [-0.2, 0) is 10.2 Å². The normalized spacial score (nSPS) is 24.2. The van der Waals surface area contributed by atoms with Crippen LogP contribution >= 0.6 is 0 Å². The van der Waals surface area contributed by atoms with Gasteiger partial charge in [-0.25, -0.2) is 0 Å². The number of methoxy groups -OCH3 is 1. The molecule has 1 aromatic rings. The first-order valence-corrected chi connectivity index (χ1v) is 8.41. The standard InChI is InChI=1S/C18H27NO3/c1-20-17-15(18(13-19)9-3-2-4-10-18)6-5-7-16(17)22-14-8-11-21-12-14/h5-7,14H,2-4,8-13,19H2,1H3. The molecule has 1 unspecified atom stereocenters. The third-order valence-electron chi connectivity index (χ3n) is 5.14. The van der Waals surface area contributed by atoms with Gasteiger partial charge in [0.25, 0.3) is 0 Å². The number of ether oxygens (including phenoxy) is 3. The van der Waals surface area contributed by atoms with E-state index in [0.29, 0.717) is 13.2 Å². The Bertz CT molecular complexity index is 491. The molecule has 122 valence electrons. The van der Waals surface area contributed by atoms with Crippen molar-refractivity contribution >= 4 is 0 Å². The molecule has 1 aliphatic heterocycles. The molecule has 2 N–H and O–H groups in total. The number of hydrogen-bond acceptors (Lipinski definition) is 4. The average Bonchev–Trinajstić information content (AvgIpc) is 3.08. The summed E-state index contributed by atoms with van der Waals surface area (Å²) in [6, 6.07) is 6.22. The Morgan fingerprint density at radius 3 is 2.73 bits per heavy atom. The summed E-state index contributed by atoms with van der Waals surface area (Å²) in [6.07, 6.45) is 7.12. The lowest BCUT2D eigenvalue weighted by atomic mass is 9.69. The maximum atomic E-state index is 6.19. The summed E-state index contributed by atoms with van der Waals surface area (Å²) >= 11 is 0. The Labute approximate surface area is 132 Å². The minimum Gasteiger partial charge on any atom is -0.493 e. The SMILES string of the molecule is COc1c(OC2CCOC2)cccc1C1(CN)CCCCC1.